The van der Waals surface area contributed by atoms with Crippen molar-refractivity contribution < 1.29 is 23.8 Å². The van der Waals surface area contributed by atoms with Crippen molar-refractivity contribution in [3.8, 4) is 0 Å². The van der Waals surface area contributed by atoms with Crippen LogP contribution in [-0.4, -0.2) is 37.9 Å². The fraction of sp³-hybridized carbons (Fsp3) is 0.831. The third kappa shape index (κ3) is 52.5. The SMILES string of the molecule is CC/C=C\C/C=C\C/C=C\CCCCCCCCOCC(COC(=O)CCCCCCCCC/C=C\CCCCCCCC)OC(=O)CCCCCCCCCCCCCCCCC. The Kier molecular flexibility index (Phi) is 53.3. The summed E-state index contributed by atoms with van der Waals surface area (Å²) in [6.45, 7) is 7.73. The van der Waals surface area contributed by atoms with Crippen LogP contribution in [0.4, 0.5) is 0 Å². The van der Waals surface area contributed by atoms with E-state index < -0.39 is 6.10 Å². The minimum atomic E-state index is -0.542. The zero-order valence-electron chi connectivity index (χ0n) is 43.1. The molecule has 0 heterocycles. The van der Waals surface area contributed by atoms with Gasteiger partial charge in [-0.05, 0) is 77.0 Å². The number of hydrogen-bond donors (Lipinski definition) is 0. The van der Waals surface area contributed by atoms with Gasteiger partial charge in [0, 0.05) is 19.4 Å². The number of unbranched alkanes of at least 4 members (excludes halogenated alkanes) is 33. The van der Waals surface area contributed by atoms with Gasteiger partial charge in [0.1, 0.15) is 6.61 Å². The minimum Gasteiger partial charge on any atom is -0.462 e. The molecular formula is C59H108O5. The van der Waals surface area contributed by atoms with Crippen LogP contribution < -0.4 is 0 Å². The molecular weight excluding hydrogens is 789 g/mol. The number of hydrogen-bond acceptors (Lipinski definition) is 5. The van der Waals surface area contributed by atoms with Gasteiger partial charge in [-0.2, -0.15) is 0 Å². The maximum absolute atomic E-state index is 12.8. The van der Waals surface area contributed by atoms with Gasteiger partial charge in [-0.25, -0.2) is 0 Å². The standard InChI is InChI=1S/C59H108O5/c1-4-7-10-13-16-19-22-25-28-30-32-34-37-40-43-46-49-52-58(60)63-56-57(55-62-54-51-48-45-42-39-36-33-29-26-23-20-17-14-11-8-5-2)64-59(61)53-50-47-44-41-38-35-31-27-24-21-18-15-12-9-6-3/h8,11,17,20,25-26,28-29,57H,4-7,9-10,12-16,18-19,21-24,27,30-56H2,1-3H3/b11-8-,20-17-,28-25-,29-26-. The van der Waals surface area contributed by atoms with E-state index in [-0.39, 0.29) is 25.2 Å². The van der Waals surface area contributed by atoms with E-state index in [1.807, 2.05) is 0 Å². The second-order valence-electron chi connectivity index (χ2n) is 18.8. The van der Waals surface area contributed by atoms with Gasteiger partial charge in [0.15, 0.2) is 6.10 Å². The molecule has 0 aromatic rings. The van der Waals surface area contributed by atoms with Crippen LogP contribution in [0.3, 0.4) is 0 Å². The highest BCUT2D eigenvalue weighted by atomic mass is 16.6. The van der Waals surface area contributed by atoms with E-state index in [4.69, 9.17) is 14.2 Å². The van der Waals surface area contributed by atoms with Gasteiger partial charge in [-0.1, -0.05) is 249 Å². The number of carbonyl (C=O) groups excluding carboxylic acids is 2. The number of rotatable bonds is 52. The van der Waals surface area contributed by atoms with Crippen molar-refractivity contribution >= 4 is 11.9 Å². The molecule has 0 saturated heterocycles. The third-order valence-corrected chi connectivity index (χ3v) is 12.3. The molecule has 1 unspecified atom stereocenters. The van der Waals surface area contributed by atoms with E-state index in [0.29, 0.717) is 19.4 Å². The van der Waals surface area contributed by atoms with Crippen LogP contribution in [0.25, 0.3) is 0 Å². The lowest BCUT2D eigenvalue weighted by Crippen LogP contribution is -2.30. The third-order valence-electron chi connectivity index (χ3n) is 12.3. The Hall–Kier alpha value is -2.14. The van der Waals surface area contributed by atoms with Crippen LogP contribution in [0, 0.1) is 0 Å². The van der Waals surface area contributed by atoms with E-state index in [1.54, 1.807) is 0 Å². The van der Waals surface area contributed by atoms with Gasteiger partial charge in [0.2, 0.25) is 0 Å². The van der Waals surface area contributed by atoms with Crippen molar-refractivity contribution in [3.05, 3.63) is 48.6 Å². The molecule has 0 fully saturated rings. The van der Waals surface area contributed by atoms with E-state index >= 15 is 0 Å². The fourth-order valence-corrected chi connectivity index (χ4v) is 8.17. The molecule has 0 N–H and O–H groups in total. The van der Waals surface area contributed by atoms with Gasteiger partial charge in [-0.15, -0.1) is 0 Å². The Morgan fingerprint density at radius 2 is 0.703 bits per heavy atom. The average Bonchev–Trinajstić information content (AvgIpc) is 3.30. The number of carbonyl (C=O) groups is 2. The van der Waals surface area contributed by atoms with Gasteiger partial charge in [0.25, 0.3) is 0 Å². The summed E-state index contributed by atoms with van der Waals surface area (Å²) >= 11 is 0. The van der Waals surface area contributed by atoms with Crippen molar-refractivity contribution in [1.82, 2.24) is 0 Å². The molecule has 0 aromatic carbocycles. The Labute approximate surface area is 399 Å². The largest absolute Gasteiger partial charge is 0.462 e. The molecule has 5 nitrogen and oxygen atoms in total. The van der Waals surface area contributed by atoms with Crippen LogP contribution in [0.2, 0.25) is 0 Å². The summed E-state index contributed by atoms with van der Waals surface area (Å²) in [4.78, 5) is 25.5. The van der Waals surface area contributed by atoms with Gasteiger partial charge in [-0.3, -0.25) is 9.59 Å². The lowest BCUT2D eigenvalue weighted by Gasteiger charge is -2.18. The van der Waals surface area contributed by atoms with Crippen LogP contribution in [0.1, 0.15) is 290 Å². The molecule has 0 radical (unpaired) electrons. The second kappa shape index (κ2) is 55.2. The average molecular weight is 898 g/mol. The van der Waals surface area contributed by atoms with Gasteiger partial charge in [0.05, 0.1) is 6.61 Å². The zero-order valence-corrected chi connectivity index (χ0v) is 43.1. The Balaban J connectivity index is 4.26. The lowest BCUT2D eigenvalue weighted by atomic mass is 10.0. The van der Waals surface area contributed by atoms with Crippen LogP contribution in [0.5, 0.6) is 0 Å². The molecule has 0 amide bonds. The Morgan fingerprint density at radius 3 is 1.14 bits per heavy atom. The number of ether oxygens (including phenoxy) is 3. The van der Waals surface area contributed by atoms with Gasteiger partial charge >= 0.3 is 11.9 Å². The predicted octanol–water partition coefficient (Wildman–Crippen LogP) is 19.1. The van der Waals surface area contributed by atoms with E-state index in [9.17, 15) is 9.59 Å². The summed E-state index contributed by atoms with van der Waals surface area (Å²) in [5.74, 6) is -0.395. The molecule has 0 spiro atoms. The van der Waals surface area contributed by atoms with Crippen molar-refractivity contribution in [2.24, 2.45) is 0 Å². The fourth-order valence-electron chi connectivity index (χ4n) is 8.17. The maximum Gasteiger partial charge on any atom is 0.306 e. The summed E-state index contributed by atoms with van der Waals surface area (Å²) in [5.41, 5.74) is 0. The first-order chi connectivity index (χ1) is 31.6. The normalized spacial score (nSPS) is 12.5. The lowest BCUT2D eigenvalue weighted by molar-refractivity contribution is -0.163. The van der Waals surface area contributed by atoms with Crippen LogP contribution >= 0.6 is 0 Å². The molecule has 0 saturated carbocycles. The summed E-state index contributed by atoms with van der Waals surface area (Å²) in [5, 5.41) is 0. The van der Waals surface area contributed by atoms with Crippen LogP contribution in [-0.2, 0) is 23.8 Å². The summed E-state index contributed by atoms with van der Waals surface area (Å²) in [7, 11) is 0. The van der Waals surface area contributed by atoms with Gasteiger partial charge < -0.3 is 14.2 Å². The highest BCUT2D eigenvalue weighted by Crippen LogP contribution is 2.16. The topological polar surface area (TPSA) is 61.8 Å². The highest BCUT2D eigenvalue weighted by molar-refractivity contribution is 5.70. The first kappa shape index (κ1) is 61.9. The second-order valence-corrected chi connectivity index (χ2v) is 18.8. The molecule has 374 valence electrons. The summed E-state index contributed by atoms with van der Waals surface area (Å²) in [6.07, 6.45) is 68.4. The number of esters is 2. The summed E-state index contributed by atoms with van der Waals surface area (Å²) in [6, 6.07) is 0. The quantitative estimate of drug-likeness (QED) is 0.0346. The molecule has 0 aliphatic rings. The molecule has 5 heteroatoms. The molecule has 0 aromatic heterocycles. The first-order valence-electron chi connectivity index (χ1n) is 28.2. The van der Waals surface area contributed by atoms with Crippen molar-refractivity contribution in [3.63, 3.8) is 0 Å². The van der Waals surface area contributed by atoms with Crippen LogP contribution in [0.15, 0.2) is 48.6 Å². The highest BCUT2D eigenvalue weighted by Gasteiger charge is 2.17. The maximum atomic E-state index is 12.8. The van der Waals surface area contributed by atoms with Crippen molar-refractivity contribution in [2.45, 2.75) is 297 Å². The zero-order chi connectivity index (χ0) is 46.3. The minimum absolute atomic E-state index is 0.0812. The predicted molar refractivity (Wildman–Crippen MR) is 279 cm³/mol. The Bertz CT molecular complexity index is 1060. The first-order valence-corrected chi connectivity index (χ1v) is 28.2. The molecule has 1 atom stereocenters. The Morgan fingerprint density at radius 1 is 0.359 bits per heavy atom. The molecule has 64 heavy (non-hydrogen) atoms. The molecule has 0 rings (SSSR count). The molecule has 0 bridgehead atoms. The summed E-state index contributed by atoms with van der Waals surface area (Å²) < 4.78 is 17.5. The smallest absolute Gasteiger partial charge is 0.306 e. The van der Waals surface area contributed by atoms with Crippen molar-refractivity contribution in [2.75, 3.05) is 19.8 Å². The van der Waals surface area contributed by atoms with E-state index in [2.05, 4.69) is 69.4 Å². The van der Waals surface area contributed by atoms with E-state index in [0.717, 1.165) is 64.2 Å². The molecule has 0 aliphatic heterocycles. The van der Waals surface area contributed by atoms with Crippen molar-refractivity contribution in [1.29, 1.82) is 0 Å². The number of allylic oxidation sites excluding steroid dienone is 8. The molecule has 0 aliphatic carbocycles. The monoisotopic (exact) mass is 897 g/mol. The van der Waals surface area contributed by atoms with E-state index in [1.165, 1.54) is 193 Å².